The Labute approximate surface area is 182 Å². The van der Waals surface area contributed by atoms with Crippen LogP contribution in [0.1, 0.15) is 41.4 Å². The predicted octanol–water partition coefficient (Wildman–Crippen LogP) is 5.19. The summed E-state index contributed by atoms with van der Waals surface area (Å²) in [5, 5.41) is 3.15. The van der Waals surface area contributed by atoms with E-state index in [9.17, 15) is 13.2 Å². The lowest BCUT2D eigenvalue weighted by molar-refractivity contribution is 0.0940. The second kappa shape index (κ2) is 9.32. The average Bonchev–Trinajstić information content (AvgIpc) is 2.75. The zero-order chi connectivity index (χ0) is 21.7. The smallest absolute Gasteiger partial charge is 0.261 e. The van der Waals surface area contributed by atoms with Gasteiger partial charge < -0.3 is 5.32 Å². The normalized spacial score (nSPS) is 12.2. The van der Waals surface area contributed by atoms with Crippen molar-refractivity contribution in [3.8, 4) is 0 Å². The molecule has 1 atom stereocenters. The minimum Gasteiger partial charge on any atom is -0.345 e. The number of benzene rings is 3. The van der Waals surface area contributed by atoms with Crippen LogP contribution in [-0.4, -0.2) is 14.3 Å². The second-order valence-electron chi connectivity index (χ2n) is 6.90. The summed E-state index contributed by atoms with van der Waals surface area (Å²) in [5.41, 5.74) is 2.65. The number of aryl methyl sites for hydroxylation is 1. The molecule has 0 saturated carbocycles. The van der Waals surface area contributed by atoms with Gasteiger partial charge in [-0.1, -0.05) is 61.0 Å². The molecule has 0 saturated heterocycles. The molecule has 7 heteroatoms. The molecule has 1 amide bonds. The standard InChI is InChI=1S/C23H23ClN2O3S/c1-3-17-9-11-18(12-10-17)16(2)25-23(27)21-15-19(13-14-22(21)24)26-30(28,29)20-7-5-4-6-8-20/h4-16,26H,3H2,1-2H3,(H,25,27)/t16-/m0/s1. The number of halogens is 1. The topological polar surface area (TPSA) is 75.3 Å². The zero-order valence-corrected chi connectivity index (χ0v) is 18.3. The van der Waals surface area contributed by atoms with Gasteiger partial charge in [0.05, 0.1) is 21.5 Å². The second-order valence-corrected chi connectivity index (χ2v) is 8.99. The van der Waals surface area contributed by atoms with E-state index >= 15 is 0 Å². The zero-order valence-electron chi connectivity index (χ0n) is 16.7. The maximum atomic E-state index is 12.8. The van der Waals surface area contributed by atoms with E-state index in [0.29, 0.717) is 0 Å². The Morgan fingerprint density at radius 3 is 2.30 bits per heavy atom. The van der Waals surface area contributed by atoms with E-state index in [0.717, 1.165) is 12.0 Å². The first-order chi connectivity index (χ1) is 14.3. The fourth-order valence-electron chi connectivity index (χ4n) is 2.98. The van der Waals surface area contributed by atoms with E-state index in [-0.39, 0.29) is 33.1 Å². The van der Waals surface area contributed by atoms with Gasteiger partial charge in [-0.3, -0.25) is 9.52 Å². The highest BCUT2D eigenvalue weighted by atomic mass is 35.5. The van der Waals surface area contributed by atoms with Gasteiger partial charge in [-0.15, -0.1) is 0 Å². The number of anilines is 1. The lowest BCUT2D eigenvalue weighted by Crippen LogP contribution is -2.27. The molecule has 3 aromatic carbocycles. The molecule has 0 aliphatic rings. The van der Waals surface area contributed by atoms with Crippen LogP contribution in [0.3, 0.4) is 0 Å². The summed E-state index contributed by atoms with van der Waals surface area (Å²) < 4.78 is 27.6. The minimum atomic E-state index is -3.77. The van der Waals surface area contributed by atoms with Gasteiger partial charge in [0, 0.05) is 5.69 Å². The van der Waals surface area contributed by atoms with Crippen LogP contribution < -0.4 is 10.0 Å². The Balaban J connectivity index is 1.78. The summed E-state index contributed by atoms with van der Waals surface area (Å²) in [6.07, 6.45) is 0.947. The van der Waals surface area contributed by atoms with Gasteiger partial charge in [0.1, 0.15) is 0 Å². The number of sulfonamides is 1. The Morgan fingerprint density at radius 2 is 1.67 bits per heavy atom. The van der Waals surface area contributed by atoms with Crippen molar-refractivity contribution in [2.24, 2.45) is 0 Å². The lowest BCUT2D eigenvalue weighted by atomic mass is 10.0. The average molecular weight is 443 g/mol. The predicted molar refractivity (Wildman–Crippen MR) is 120 cm³/mol. The SMILES string of the molecule is CCc1ccc([C@H](C)NC(=O)c2cc(NS(=O)(=O)c3ccccc3)ccc2Cl)cc1. The Bertz CT molecular complexity index is 1130. The van der Waals surface area contributed by atoms with E-state index in [4.69, 9.17) is 11.6 Å². The van der Waals surface area contributed by atoms with Crippen molar-refractivity contribution in [1.82, 2.24) is 5.32 Å². The molecule has 0 aromatic heterocycles. The van der Waals surface area contributed by atoms with Crippen molar-refractivity contribution in [2.45, 2.75) is 31.2 Å². The first kappa shape index (κ1) is 21.9. The molecule has 0 aliphatic heterocycles. The lowest BCUT2D eigenvalue weighted by Gasteiger charge is -2.16. The molecule has 0 bridgehead atoms. The molecule has 0 unspecified atom stereocenters. The third-order valence-corrected chi connectivity index (χ3v) is 6.48. The van der Waals surface area contributed by atoms with Crippen LogP contribution in [-0.2, 0) is 16.4 Å². The molecule has 0 fully saturated rings. The highest BCUT2D eigenvalue weighted by Gasteiger charge is 2.18. The molecule has 156 valence electrons. The van der Waals surface area contributed by atoms with Crippen molar-refractivity contribution >= 4 is 33.2 Å². The molecule has 3 aromatic rings. The molecule has 0 aliphatic carbocycles. The van der Waals surface area contributed by atoms with Gasteiger partial charge in [0.15, 0.2) is 0 Å². The number of hydrogen-bond donors (Lipinski definition) is 2. The molecule has 0 spiro atoms. The number of rotatable bonds is 7. The van der Waals surface area contributed by atoms with Crippen molar-refractivity contribution in [1.29, 1.82) is 0 Å². The van der Waals surface area contributed by atoms with E-state index in [1.54, 1.807) is 18.2 Å². The molecular formula is C23H23ClN2O3S. The minimum absolute atomic E-state index is 0.134. The fourth-order valence-corrected chi connectivity index (χ4v) is 4.25. The third kappa shape index (κ3) is 5.20. The van der Waals surface area contributed by atoms with Gasteiger partial charge in [0.25, 0.3) is 15.9 Å². The third-order valence-electron chi connectivity index (χ3n) is 4.75. The number of carbonyl (C=O) groups is 1. The highest BCUT2D eigenvalue weighted by molar-refractivity contribution is 7.92. The van der Waals surface area contributed by atoms with Crippen molar-refractivity contribution in [2.75, 3.05) is 4.72 Å². The van der Waals surface area contributed by atoms with E-state index < -0.39 is 10.0 Å². The molecule has 0 radical (unpaired) electrons. The van der Waals surface area contributed by atoms with Crippen LogP contribution >= 0.6 is 11.6 Å². The van der Waals surface area contributed by atoms with Crippen LogP contribution in [0, 0.1) is 0 Å². The van der Waals surface area contributed by atoms with Gasteiger partial charge >= 0.3 is 0 Å². The summed E-state index contributed by atoms with van der Waals surface area (Å²) >= 11 is 6.21. The molecule has 0 heterocycles. The van der Waals surface area contributed by atoms with Gasteiger partial charge in [-0.2, -0.15) is 0 Å². The first-order valence-corrected chi connectivity index (χ1v) is 11.4. The maximum absolute atomic E-state index is 12.8. The Hall–Kier alpha value is -2.83. The molecule has 30 heavy (non-hydrogen) atoms. The largest absolute Gasteiger partial charge is 0.345 e. The number of amides is 1. The van der Waals surface area contributed by atoms with Crippen LogP contribution in [0.15, 0.2) is 77.7 Å². The van der Waals surface area contributed by atoms with Gasteiger partial charge in [-0.05, 0) is 54.8 Å². The molecule has 3 rings (SSSR count). The first-order valence-electron chi connectivity index (χ1n) is 9.57. The van der Waals surface area contributed by atoms with Gasteiger partial charge in [-0.25, -0.2) is 8.42 Å². The molecule has 5 nitrogen and oxygen atoms in total. The summed E-state index contributed by atoms with van der Waals surface area (Å²) in [4.78, 5) is 12.9. The van der Waals surface area contributed by atoms with Crippen molar-refractivity contribution in [3.63, 3.8) is 0 Å². The number of hydrogen-bond acceptors (Lipinski definition) is 3. The monoisotopic (exact) mass is 442 g/mol. The van der Waals surface area contributed by atoms with Crippen molar-refractivity contribution in [3.05, 3.63) is 94.5 Å². The summed E-state index contributed by atoms with van der Waals surface area (Å²) in [5.74, 6) is -0.382. The van der Waals surface area contributed by atoms with Crippen LogP contribution in [0.4, 0.5) is 5.69 Å². The molecular weight excluding hydrogens is 420 g/mol. The van der Waals surface area contributed by atoms with Crippen LogP contribution in [0.2, 0.25) is 5.02 Å². The summed E-state index contributed by atoms with van der Waals surface area (Å²) in [7, 11) is -3.77. The maximum Gasteiger partial charge on any atom is 0.261 e. The van der Waals surface area contributed by atoms with Crippen molar-refractivity contribution < 1.29 is 13.2 Å². The summed E-state index contributed by atoms with van der Waals surface area (Å²) in [6, 6.07) is 20.3. The Kier molecular flexibility index (Phi) is 6.80. The summed E-state index contributed by atoms with van der Waals surface area (Å²) in [6.45, 7) is 3.97. The molecule has 2 N–H and O–H groups in total. The van der Waals surface area contributed by atoms with E-state index in [1.807, 2.05) is 31.2 Å². The number of carbonyl (C=O) groups excluding carboxylic acids is 1. The highest BCUT2D eigenvalue weighted by Crippen LogP contribution is 2.24. The van der Waals surface area contributed by atoms with Crippen LogP contribution in [0.25, 0.3) is 0 Å². The Morgan fingerprint density at radius 1 is 1.00 bits per heavy atom. The number of nitrogens with one attached hydrogen (secondary N) is 2. The van der Waals surface area contributed by atoms with E-state index in [1.165, 1.54) is 35.9 Å². The fraction of sp³-hybridized carbons (Fsp3) is 0.174. The van der Waals surface area contributed by atoms with E-state index in [2.05, 4.69) is 17.0 Å². The van der Waals surface area contributed by atoms with Crippen LogP contribution in [0.5, 0.6) is 0 Å². The quantitative estimate of drug-likeness (QED) is 0.528. The van der Waals surface area contributed by atoms with Gasteiger partial charge in [0.2, 0.25) is 0 Å².